The number of hydrogen-bond donors (Lipinski definition) is 1. The summed E-state index contributed by atoms with van der Waals surface area (Å²) in [5.74, 6) is 0.488. The summed E-state index contributed by atoms with van der Waals surface area (Å²) in [5, 5.41) is 9.11. The van der Waals surface area contributed by atoms with Crippen LogP contribution in [0.15, 0.2) is 36.1 Å². The third kappa shape index (κ3) is 3.66. The summed E-state index contributed by atoms with van der Waals surface area (Å²) in [6.07, 6.45) is 5.70. The third-order valence-electron chi connectivity index (χ3n) is 1.42. The van der Waals surface area contributed by atoms with Crippen LogP contribution in [0, 0.1) is 5.92 Å². The maximum Gasteiger partial charge on any atom is 0.111 e. The van der Waals surface area contributed by atoms with Crippen LogP contribution < -0.4 is 0 Å². The summed E-state index contributed by atoms with van der Waals surface area (Å²) in [6.45, 7) is 9.47. The van der Waals surface area contributed by atoms with E-state index < -0.39 is 0 Å². The first-order valence-electron chi connectivity index (χ1n) is 3.80. The molecule has 1 N–H and O–H groups in total. The highest BCUT2D eigenvalue weighted by atomic mass is 16.3. The Kier molecular flexibility index (Phi) is 4.35. The SMILES string of the molecule is C=C(O)/C(=C\C=C/C)C(C)C. The lowest BCUT2D eigenvalue weighted by Crippen LogP contribution is -1.95. The smallest absolute Gasteiger partial charge is 0.111 e. The number of rotatable bonds is 3. The minimum absolute atomic E-state index is 0.165. The second kappa shape index (κ2) is 4.78. The van der Waals surface area contributed by atoms with Gasteiger partial charge in [0.05, 0.1) is 0 Å². The molecule has 0 aliphatic heterocycles. The van der Waals surface area contributed by atoms with Gasteiger partial charge in [-0.1, -0.05) is 38.7 Å². The van der Waals surface area contributed by atoms with Crippen LogP contribution >= 0.6 is 0 Å². The Morgan fingerprint density at radius 2 is 2.00 bits per heavy atom. The molecular formula is C10H16O. The van der Waals surface area contributed by atoms with Crippen molar-refractivity contribution in [3.63, 3.8) is 0 Å². The van der Waals surface area contributed by atoms with Gasteiger partial charge in [0.2, 0.25) is 0 Å². The Bertz CT molecular complexity index is 185. The number of aliphatic hydroxyl groups is 1. The molecule has 0 aliphatic carbocycles. The molecule has 0 saturated heterocycles. The molecule has 62 valence electrons. The van der Waals surface area contributed by atoms with E-state index in [1.807, 2.05) is 39.0 Å². The minimum atomic E-state index is 0.165. The Morgan fingerprint density at radius 1 is 1.45 bits per heavy atom. The number of aliphatic hydroxyl groups excluding tert-OH is 1. The molecule has 0 atom stereocenters. The highest BCUT2D eigenvalue weighted by molar-refractivity contribution is 5.27. The van der Waals surface area contributed by atoms with Crippen LogP contribution in [-0.4, -0.2) is 5.11 Å². The van der Waals surface area contributed by atoms with E-state index in [4.69, 9.17) is 5.11 Å². The zero-order chi connectivity index (χ0) is 8.85. The third-order valence-corrected chi connectivity index (χ3v) is 1.42. The molecule has 11 heavy (non-hydrogen) atoms. The minimum Gasteiger partial charge on any atom is -0.508 e. The van der Waals surface area contributed by atoms with Crippen molar-refractivity contribution in [1.29, 1.82) is 0 Å². The summed E-state index contributed by atoms with van der Waals surface area (Å²) < 4.78 is 0. The zero-order valence-electron chi connectivity index (χ0n) is 7.46. The van der Waals surface area contributed by atoms with Gasteiger partial charge in [-0.25, -0.2) is 0 Å². The molecule has 0 rings (SSSR count). The quantitative estimate of drug-likeness (QED) is 0.486. The van der Waals surface area contributed by atoms with Gasteiger partial charge >= 0.3 is 0 Å². The molecule has 0 bridgehead atoms. The first-order chi connectivity index (χ1) is 5.09. The van der Waals surface area contributed by atoms with Crippen LogP contribution in [0.25, 0.3) is 0 Å². The van der Waals surface area contributed by atoms with Crippen molar-refractivity contribution < 1.29 is 5.11 Å². The normalized spacial score (nSPS) is 12.9. The molecule has 0 spiro atoms. The van der Waals surface area contributed by atoms with Gasteiger partial charge < -0.3 is 5.11 Å². The van der Waals surface area contributed by atoms with Crippen molar-refractivity contribution in [3.8, 4) is 0 Å². The largest absolute Gasteiger partial charge is 0.508 e. The maximum atomic E-state index is 9.11. The maximum absolute atomic E-state index is 9.11. The van der Waals surface area contributed by atoms with Crippen LogP contribution in [0.5, 0.6) is 0 Å². The molecule has 1 nitrogen and oxygen atoms in total. The lowest BCUT2D eigenvalue weighted by Gasteiger charge is -2.07. The lowest BCUT2D eigenvalue weighted by molar-refractivity contribution is 0.413. The highest BCUT2D eigenvalue weighted by Gasteiger charge is 2.03. The van der Waals surface area contributed by atoms with Crippen LogP contribution in [0.4, 0.5) is 0 Å². The topological polar surface area (TPSA) is 20.2 Å². The predicted octanol–water partition coefficient (Wildman–Crippen LogP) is 3.22. The van der Waals surface area contributed by atoms with Crippen molar-refractivity contribution in [2.75, 3.05) is 0 Å². The Balaban J connectivity index is 4.46. The summed E-state index contributed by atoms with van der Waals surface area (Å²) in [6, 6.07) is 0. The second-order valence-electron chi connectivity index (χ2n) is 2.75. The number of allylic oxidation sites excluding steroid dienone is 4. The molecule has 0 fully saturated rings. The van der Waals surface area contributed by atoms with Crippen LogP contribution in [-0.2, 0) is 0 Å². The molecular weight excluding hydrogens is 136 g/mol. The highest BCUT2D eigenvalue weighted by Crippen LogP contribution is 2.15. The summed E-state index contributed by atoms with van der Waals surface area (Å²) in [4.78, 5) is 0. The Morgan fingerprint density at radius 3 is 2.27 bits per heavy atom. The van der Waals surface area contributed by atoms with E-state index >= 15 is 0 Å². The van der Waals surface area contributed by atoms with Gasteiger partial charge in [-0.3, -0.25) is 0 Å². The van der Waals surface area contributed by atoms with Crippen LogP contribution in [0.3, 0.4) is 0 Å². The fourth-order valence-corrected chi connectivity index (χ4v) is 0.822. The molecule has 0 unspecified atom stereocenters. The summed E-state index contributed by atoms with van der Waals surface area (Å²) in [7, 11) is 0. The first-order valence-corrected chi connectivity index (χ1v) is 3.80. The zero-order valence-corrected chi connectivity index (χ0v) is 7.46. The summed E-state index contributed by atoms with van der Waals surface area (Å²) in [5.41, 5.74) is 0.892. The van der Waals surface area contributed by atoms with E-state index in [-0.39, 0.29) is 5.76 Å². The molecule has 0 aromatic rings. The van der Waals surface area contributed by atoms with Crippen LogP contribution in [0.1, 0.15) is 20.8 Å². The fraction of sp³-hybridized carbons (Fsp3) is 0.400. The first kappa shape index (κ1) is 10.0. The van der Waals surface area contributed by atoms with Crippen molar-refractivity contribution >= 4 is 0 Å². The van der Waals surface area contributed by atoms with E-state index in [0.717, 1.165) is 5.57 Å². The molecule has 0 aromatic carbocycles. The van der Waals surface area contributed by atoms with E-state index in [1.165, 1.54) is 0 Å². The Hall–Kier alpha value is -0.980. The van der Waals surface area contributed by atoms with Crippen LogP contribution in [0.2, 0.25) is 0 Å². The molecule has 0 heterocycles. The van der Waals surface area contributed by atoms with E-state index in [2.05, 4.69) is 6.58 Å². The second-order valence-corrected chi connectivity index (χ2v) is 2.75. The standard InChI is InChI=1S/C10H16O/c1-5-6-7-10(8(2)3)9(4)11/h5-8,11H,4H2,1-3H3/b6-5-,10-7-. The van der Waals surface area contributed by atoms with Crippen molar-refractivity contribution in [2.45, 2.75) is 20.8 Å². The molecule has 0 amide bonds. The molecule has 0 aliphatic rings. The molecule has 1 heteroatoms. The van der Waals surface area contributed by atoms with Gasteiger partial charge in [0, 0.05) is 0 Å². The lowest BCUT2D eigenvalue weighted by atomic mass is 10.0. The molecule has 0 saturated carbocycles. The average molecular weight is 152 g/mol. The molecule has 0 radical (unpaired) electrons. The van der Waals surface area contributed by atoms with Crippen molar-refractivity contribution in [1.82, 2.24) is 0 Å². The monoisotopic (exact) mass is 152 g/mol. The predicted molar refractivity (Wildman–Crippen MR) is 49.5 cm³/mol. The van der Waals surface area contributed by atoms with Gasteiger partial charge in [-0.05, 0) is 18.4 Å². The summed E-state index contributed by atoms with van der Waals surface area (Å²) >= 11 is 0. The number of hydrogen-bond acceptors (Lipinski definition) is 1. The van der Waals surface area contributed by atoms with Gasteiger partial charge in [-0.15, -0.1) is 0 Å². The van der Waals surface area contributed by atoms with Crippen molar-refractivity contribution in [3.05, 3.63) is 36.1 Å². The van der Waals surface area contributed by atoms with E-state index in [9.17, 15) is 0 Å². The average Bonchev–Trinajstić information content (AvgIpc) is 1.87. The van der Waals surface area contributed by atoms with Crippen molar-refractivity contribution in [2.24, 2.45) is 5.92 Å². The van der Waals surface area contributed by atoms with Gasteiger partial charge in [0.15, 0.2) is 0 Å². The molecule has 0 aromatic heterocycles. The van der Waals surface area contributed by atoms with Gasteiger partial charge in [0.1, 0.15) is 5.76 Å². The van der Waals surface area contributed by atoms with Gasteiger partial charge in [0.25, 0.3) is 0 Å². The van der Waals surface area contributed by atoms with Gasteiger partial charge in [-0.2, -0.15) is 0 Å². The fourth-order valence-electron chi connectivity index (χ4n) is 0.822. The van der Waals surface area contributed by atoms with E-state index in [0.29, 0.717) is 5.92 Å². The Labute approximate surface area is 68.7 Å². The van der Waals surface area contributed by atoms with E-state index in [1.54, 1.807) is 0 Å².